The number of thiophene rings is 1. The van der Waals surface area contributed by atoms with Gasteiger partial charge in [0.1, 0.15) is 10.7 Å². The summed E-state index contributed by atoms with van der Waals surface area (Å²) in [5.41, 5.74) is 4.33. The van der Waals surface area contributed by atoms with Crippen molar-refractivity contribution in [2.75, 3.05) is 23.5 Å². The molecule has 0 bridgehead atoms. The summed E-state index contributed by atoms with van der Waals surface area (Å²) in [5, 5.41) is 9.10. The van der Waals surface area contributed by atoms with Crippen molar-refractivity contribution in [3.05, 3.63) is 117 Å². The van der Waals surface area contributed by atoms with Crippen LogP contribution < -0.4 is 16.0 Å². The summed E-state index contributed by atoms with van der Waals surface area (Å²) in [6.45, 7) is 1.97. The normalized spacial score (nSPS) is 12.8. The molecular formula is C36H35N3O5S2. The monoisotopic (exact) mass is 653 g/mol. The van der Waals surface area contributed by atoms with Gasteiger partial charge in [-0.2, -0.15) is 0 Å². The van der Waals surface area contributed by atoms with Crippen LogP contribution in [0.25, 0.3) is 6.08 Å². The van der Waals surface area contributed by atoms with Crippen molar-refractivity contribution in [3.63, 3.8) is 0 Å². The minimum Gasteiger partial charge on any atom is -0.465 e. The third-order valence-corrected chi connectivity index (χ3v) is 9.64. The van der Waals surface area contributed by atoms with Crippen molar-refractivity contribution < 1.29 is 23.9 Å². The van der Waals surface area contributed by atoms with Crippen molar-refractivity contribution in [3.8, 4) is 0 Å². The molecule has 1 heterocycles. The zero-order valence-electron chi connectivity index (χ0n) is 25.7. The summed E-state index contributed by atoms with van der Waals surface area (Å²) in [6.07, 6.45) is 6.51. The van der Waals surface area contributed by atoms with Gasteiger partial charge in [-0.05, 0) is 80.1 Å². The minimum atomic E-state index is -0.488. The van der Waals surface area contributed by atoms with Crippen LogP contribution in [0.15, 0.2) is 89.5 Å². The molecule has 3 N–H and O–H groups in total. The lowest BCUT2D eigenvalue weighted by Crippen LogP contribution is -2.30. The quantitative estimate of drug-likeness (QED) is 0.0719. The molecule has 0 saturated heterocycles. The Balaban J connectivity index is 1.26. The molecule has 3 amide bonds. The van der Waals surface area contributed by atoms with Gasteiger partial charge in [0.2, 0.25) is 5.91 Å². The number of methoxy groups -OCH3 is 1. The number of hydrogen-bond donors (Lipinski definition) is 3. The molecule has 0 aliphatic heterocycles. The Labute approximate surface area is 276 Å². The molecule has 0 unspecified atom stereocenters. The summed E-state index contributed by atoms with van der Waals surface area (Å²) in [7, 11) is 1.36. The number of fused-ring (bicyclic) bond motifs is 1. The van der Waals surface area contributed by atoms with E-state index in [1.165, 1.54) is 30.2 Å². The summed E-state index contributed by atoms with van der Waals surface area (Å²) in [6, 6.07) is 23.5. The molecule has 5 rings (SSSR count). The molecule has 10 heteroatoms. The largest absolute Gasteiger partial charge is 0.465 e. The zero-order valence-corrected chi connectivity index (χ0v) is 27.3. The lowest BCUT2D eigenvalue weighted by atomic mass is 10.1. The molecule has 1 aromatic heterocycles. The molecule has 0 atom stereocenters. The maximum absolute atomic E-state index is 13.4. The number of nitrogens with one attached hydrogen (secondary N) is 3. The van der Waals surface area contributed by atoms with Gasteiger partial charge in [0, 0.05) is 21.0 Å². The first-order valence-electron chi connectivity index (χ1n) is 15.0. The smallest absolute Gasteiger partial charge is 0.341 e. The van der Waals surface area contributed by atoms with Crippen molar-refractivity contribution in [1.82, 2.24) is 5.32 Å². The van der Waals surface area contributed by atoms with E-state index in [4.69, 9.17) is 4.74 Å². The van der Waals surface area contributed by atoms with E-state index in [0.29, 0.717) is 21.8 Å². The van der Waals surface area contributed by atoms with E-state index in [1.807, 2.05) is 43.3 Å². The van der Waals surface area contributed by atoms with Crippen LogP contribution in [-0.2, 0) is 27.2 Å². The van der Waals surface area contributed by atoms with Crippen LogP contribution in [-0.4, -0.2) is 36.6 Å². The van der Waals surface area contributed by atoms with Crippen LogP contribution >= 0.6 is 23.1 Å². The summed E-state index contributed by atoms with van der Waals surface area (Å²) in [5.74, 6) is -1.46. The van der Waals surface area contributed by atoms with Gasteiger partial charge >= 0.3 is 5.97 Å². The van der Waals surface area contributed by atoms with Gasteiger partial charge < -0.3 is 20.7 Å². The Kier molecular flexibility index (Phi) is 11.1. The number of anilines is 2. The zero-order chi connectivity index (χ0) is 32.5. The lowest BCUT2D eigenvalue weighted by molar-refractivity contribution is -0.114. The molecule has 0 fully saturated rings. The average molecular weight is 654 g/mol. The van der Waals surface area contributed by atoms with E-state index in [2.05, 4.69) is 16.0 Å². The Morgan fingerprint density at radius 3 is 2.41 bits per heavy atom. The maximum atomic E-state index is 13.4. The predicted octanol–water partition coefficient (Wildman–Crippen LogP) is 7.25. The van der Waals surface area contributed by atoms with Gasteiger partial charge in [-0.3, -0.25) is 14.4 Å². The average Bonchev–Trinajstić information content (AvgIpc) is 3.23. The van der Waals surface area contributed by atoms with Crippen molar-refractivity contribution in [2.24, 2.45) is 0 Å². The highest BCUT2D eigenvalue weighted by Crippen LogP contribution is 2.38. The van der Waals surface area contributed by atoms with Gasteiger partial charge in [-0.15, -0.1) is 23.1 Å². The first kappa shape index (κ1) is 32.7. The van der Waals surface area contributed by atoms with Gasteiger partial charge in [-0.1, -0.05) is 60.5 Å². The fourth-order valence-corrected chi connectivity index (χ4v) is 7.14. The highest BCUT2D eigenvalue weighted by molar-refractivity contribution is 8.00. The van der Waals surface area contributed by atoms with E-state index >= 15 is 0 Å². The minimum absolute atomic E-state index is 0.0888. The van der Waals surface area contributed by atoms with E-state index in [9.17, 15) is 19.2 Å². The maximum Gasteiger partial charge on any atom is 0.341 e. The van der Waals surface area contributed by atoms with Crippen LogP contribution in [0.2, 0.25) is 0 Å². The fourth-order valence-electron chi connectivity index (χ4n) is 5.09. The molecule has 4 aromatic rings. The molecule has 236 valence electrons. The second kappa shape index (κ2) is 15.6. The van der Waals surface area contributed by atoms with Crippen LogP contribution in [0, 0.1) is 6.92 Å². The van der Waals surface area contributed by atoms with E-state index in [1.54, 1.807) is 48.5 Å². The molecule has 8 nitrogen and oxygen atoms in total. The highest BCUT2D eigenvalue weighted by Gasteiger charge is 2.26. The molecule has 1 aliphatic carbocycles. The van der Waals surface area contributed by atoms with Gasteiger partial charge in [0.15, 0.2) is 0 Å². The molecule has 0 radical (unpaired) electrons. The Morgan fingerprint density at radius 1 is 0.891 bits per heavy atom. The third kappa shape index (κ3) is 8.52. The number of carbonyl (C=O) groups excluding carboxylic acids is 4. The number of thioether (sulfide) groups is 1. The summed E-state index contributed by atoms with van der Waals surface area (Å²) < 4.78 is 5.05. The standard InChI is InChI=1S/C36H35N3O5S2/c1-23-16-18-24(19-17-23)20-29(38-33(41)25-10-5-3-6-11-25)34(42)37-26-12-9-13-27(21-26)45-22-31(40)39-35-32(36(43)44-2)28-14-7-4-8-15-30(28)46-35/h3,5-6,9-13,16-21H,4,7-8,14-15,22H2,1-2H3,(H,37,42)(H,38,41)(H,39,40)/b29-20+. The number of amides is 3. The molecule has 0 saturated carbocycles. The number of rotatable bonds is 10. The predicted molar refractivity (Wildman–Crippen MR) is 184 cm³/mol. The Bertz CT molecular complexity index is 1760. The van der Waals surface area contributed by atoms with Crippen LogP contribution in [0.3, 0.4) is 0 Å². The number of esters is 1. The highest BCUT2D eigenvalue weighted by atomic mass is 32.2. The van der Waals surface area contributed by atoms with E-state index in [-0.39, 0.29) is 17.4 Å². The van der Waals surface area contributed by atoms with Crippen LogP contribution in [0.5, 0.6) is 0 Å². The first-order valence-corrected chi connectivity index (χ1v) is 16.8. The van der Waals surface area contributed by atoms with Gasteiger partial charge in [0.25, 0.3) is 11.8 Å². The number of benzene rings is 3. The topological polar surface area (TPSA) is 114 Å². The second-order valence-corrected chi connectivity index (χ2v) is 13.0. The van der Waals surface area contributed by atoms with Gasteiger partial charge in [-0.25, -0.2) is 4.79 Å². The van der Waals surface area contributed by atoms with Crippen molar-refractivity contribution >= 4 is 63.6 Å². The van der Waals surface area contributed by atoms with Crippen molar-refractivity contribution in [2.45, 2.75) is 43.9 Å². The molecule has 1 aliphatic rings. The number of ether oxygens (including phenoxy) is 1. The molecule has 46 heavy (non-hydrogen) atoms. The second-order valence-electron chi connectivity index (χ2n) is 10.9. The summed E-state index contributed by atoms with van der Waals surface area (Å²) in [4.78, 5) is 53.9. The Hall–Kier alpha value is -4.67. The van der Waals surface area contributed by atoms with Crippen LogP contribution in [0.4, 0.5) is 10.7 Å². The number of hydrogen-bond acceptors (Lipinski definition) is 7. The molecule has 3 aromatic carbocycles. The fraction of sp³-hybridized carbons (Fsp3) is 0.222. The van der Waals surface area contributed by atoms with Crippen LogP contribution in [0.1, 0.15) is 61.5 Å². The molecular weight excluding hydrogens is 619 g/mol. The Morgan fingerprint density at radius 2 is 1.65 bits per heavy atom. The summed E-state index contributed by atoms with van der Waals surface area (Å²) >= 11 is 2.77. The third-order valence-electron chi connectivity index (χ3n) is 7.44. The van der Waals surface area contributed by atoms with Crippen molar-refractivity contribution in [1.29, 1.82) is 0 Å². The number of aryl methyl sites for hydroxylation is 2. The van der Waals surface area contributed by atoms with E-state index < -0.39 is 17.8 Å². The SMILES string of the molecule is COC(=O)c1c(NC(=O)CSc2cccc(NC(=O)/C(=C\c3ccc(C)cc3)NC(=O)c3ccccc3)c2)sc2c1CCCCC2. The molecule has 0 spiro atoms. The lowest BCUT2D eigenvalue weighted by Gasteiger charge is -2.12. The number of carbonyl (C=O) groups is 4. The van der Waals surface area contributed by atoms with E-state index in [0.717, 1.165) is 58.6 Å². The first-order chi connectivity index (χ1) is 22.3. The van der Waals surface area contributed by atoms with Gasteiger partial charge in [0.05, 0.1) is 18.4 Å².